The van der Waals surface area contributed by atoms with Gasteiger partial charge in [-0.25, -0.2) is 27.2 Å². The third-order valence-corrected chi connectivity index (χ3v) is 8.22. The van der Waals surface area contributed by atoms with Crippen molar-refractivity contribution in [1.29, 1.82) is 0 Å². The van der Waals surface area contributed by atoms with Crippen LogP contribution in [0.3, 0.4) is 0 Å². The number of hydrogen-bond donors (Lipinski definition) is 2. The Morgan fingerprint density at radius 1 is 1.05 bits per heavy atom. The monoisotopic (exact) mass is 554 g/mol. The van der Waals surface area contributed by atoms with E-state index in [4.69, 9.17) is 0 Å². The lowest BCUT2D eigenvalue weighted by Crippen LogP contribution is -2.44. The van der Waals surface area contributed by atoms with Crippen molar-refractivity contribution in [3.05, 3.63) is 71.7 Å². The van der Waals surface area contributed by atoms with Gasteiger partial charge in [0, 0.05) is 66.8 Å². The molecule has 39 heavy (non-hydrogen) atoms. The zero-order valence-corrected chi connectivity index (χ0v) is 22.4. The number of nitrogens with one attached hydrogen (secondary N) is 2. The molecular weight excluding hydrogens is 526 g/mol. The highest BCUT2D eigenvalue weighted by Crippen LogP contribution is 2.30. The number of sulfonamides is 1. The smallest absolute Gasteiger partial charge is 0.232 e. The molecule has 1 fully saturated rings. The molecule has 1 aliphatic rings. The van der Waals surface area contributed by atoms with E-state index in [2.05, 4.69) is 36.5 Å². The first-order valence-electron chi connectivity index (χ1n) is 12.6. The molecule has 12 heteroatoms. The van der Waals surface area contributed by atoms with E-state index in [0.29, 0.717) is 23.0 Å². The molecule has 0 bridgehead atoms. The highest BCUT2D eigenvalue weighted by molar-refractivity contribution is 7.92. The fourth-order valence-electron chi connectivity index (χ4n) is 4.59. The summed E-state index contributed by atoms with van der Waals surface area (Å²) in [5.41, 5.74) is 0.481. The molecule has 2 N–H and O–H groups in total. The summed E-state index contributed by atoms with van der Waals surface area (Å²) in [5, 5.41) is 0.372. The van der Waals surface area contributed by atoms with Gasteiger partial charge >= 0.3 is 0 Å². The Morgan fingerprint density at radius 3 is 2.49 bits per heavy atom. The minimum Gasteiger partial charge on any atom is -0.354 e. The van der Waals surface area contributed by atoms with E-state index in [1.807, 2.05) is 12.1 Å². The number of benzene rings is 1. The molecule has 0 amide bonds. The Labute approximate surface area is 224 Å². The van der Waals surface area contributed by atoms with Crippen molar-refractivity contribution in [3.63, 3.8) is 0 Å². The Hall–Kier alpha value is -3.90. The maximum Gasteiger partial charge on any atom is 0.232 e. The van der Waals surface area contributed by atoms with E-state index < -0.39 is 38.7 Å². The number of aromatic nitrogens is 3. The van der Waals surface area contributed by atoms with E-state index >= 15 is 4.39 Å². The summed E-state index contributed by atoms with van der Waals surface area (Å²) in [6.45, 7) is 5.36. The minimum absolute atomic E-state index is 0.00716. The minimum atomic E-state index is -3.85. The van der Waals surface area contributed by atoms with Crippen molar-refractivity contribution in [2.75, 3.05) is 48.6 Å². The Bertz CT molecular complexity index is 1630. The van der Waals surface area contributed by atoms with Crippen LogP contribution in [0.2, 0.25) is 0 Å². The maximum absolute atomic E-state index is 15.3. The van der Waals surface area contributed by atoms with Crippen molar-refractivity contribution in [3.8, 4) is 11.1 Å². The van der Waals surface area contributed by atoms with Crippen LogP contribution < -0.4 is 9.62 Å². The number of piperazine rings is 1. The summed E-state index contributed by atoms with van der Waals surface area (Å²) in [6.07, 6.45) is 5.01. The first-order valence-corrected chi connectivity index (χ1v) is 14.2. The van der Waals surface area contributed by atoms with E-state index in [-0.39, 0.29) is 11.3 Å². The largest absolute Gasteiger partial charge is 0.354 e. The second-order valence-electron chi connectivity index (χ2n) is 9.55. The lowest BCUT2D eigenvalue weighted by molar-refractivity contribution is 0.103. The SMILES string of the molecule is CCCS(=O)(=O)Nc1ccc(F)c(C(=O)c2c[nH]c3ncc(-c4ccc(N5CCN(C)CC5)nc4)cc23)c1F. The summed E-state index contributed by atoms with van der Waals surface area (Å²) in [7, 11) is -1.76. The van der Waals surface area contributed by atoms with Crippen molar-refractivity contribution < 1.29 is 22.0 Å². The molecule has 1 aliphatic heterocycles. The summed E-state index contributed by atoms with van der Waals surface area (Å²) < 4.78 is 56.4. The fourth-order valence-corrected chi connectivity index (χ4v) is 5.72. The first kappa shape index (κ1) is 26.7. The van der Waals surface area contributed by atoms with Crippen LogP contribution in [-0.4, -0.2) is 73.0 Å². The Kier molecular flexibility index (Phi) is 7.32. The number of anilines is 2. The summed E-state index contributed by atoms with van der Waals surface area (Å²) in [6, 6.07) is 7.39. The van der Waals surface area contributed by atoms with Gasteiger partial charge in [-0.1, -0.05) is 6.92 Å². The predicted octanol–water partition coefficient (Wildman–Crippen LogP) is 4.04. The normalized spacial score (nSPS) is 14.6. The number of hydrogen-bond acceptors (Lipinski definition) is 7. The lowest BCUT2D eigenvalue weighted by atomic mass is 10.00. The highest BCUT2D eigenvalue weighted by Gasteiger charge is 2.26. The van der Waals surface area contributed by atoms with Crippen LogP contribution in [0.1, 0.15) is 29.3 Å². The van der Waals surface area contributed by atoms with E-state index in [9.17, 15) is 17.6 Å². The van der Waals surface area contributed by atoms with E-state index in [0.717, 1.165) is 49.7 Å². The van der Waals surface area contributed by atoms with Gasteiger partial charge in [0.05, 0.1) is 17.0 Å². The quantitative estimate of drug-likeness (QED) is 0.316. The number of aromatic amines is 1. The molecule has 0 saturated carbocycles. The molecule has 0 aliphatic carbocycles. The van der Waals surface area contributed by atoms with Gasteiger partial charge in [-0.3, -0.25) is 9.52 Å². The van der Waals surface area contributed by atoms with Gasteiger partial charge in [-0.05, 0) is 43.8 Å². The fraction of sp³-hybridized carbons (Fsp3) is 0.296. The molecule has 4 aromatic rings. The molecule has 9 nitrogen and oxygen atoms in total. The molecule has 3 aromatic heterocycles. The molecule has 0 atom stereocenters. The second-order valence-corrected chi connectivity index (χ2v) is 11.4. The maximum atomic E-state index is 15.3. The van der Waals surface area contributed by atoms with Crippen LogP contribution in [0, 0.1) is 11.6 Å². The lowest BCUT2D eigenvalue weighted by Gasteiger charge is -2.33. The number of fused-ring (bicyclic) bond motifs is 1. The van der Waals surface area contributed by atoms with Gasteiger partial charge in [-0.2, -0.15) is 0 Å². The van der Waals surface area contributed by atoms with Gasteiger partial charge in [0.25, 0.3) is 0 Å². The third-order valence-electron chi connectivity index (χ3n) is 6.74. The Balaban J connectivity index is 1.46. The number of nitrogens with zero attached hydrogens (tertiary/aromatic N) is 4. The average molecular weight is 555 g/mol. The average Bonchev–Trinajstić information content (AvgIpc) is 3.34. The van der Waals surface area contributed by atoms with Crippen molar-refractivity contribution in [2.45, 2.75) is 13.3 Å². The summed E-state index contributed by atoms with van der Waals surface area (Å²) in [5.74, 6) is -2.68. The van der Waals surface area contributed by atoms with Crippen LogP contribution in [0.15, 0.2) is 48.9 Å². The van der Waals surface area contributed by atoms with Gasteiger partial charge in [0.15, 0.2) is 5.82 Å². The third kappa shape index (κ3) is 5.48. The summed E-state index contributed by atoms with van der Waals surface area (Å²) in [4.78, 5) is 29.7. The molecule has 5 rings (SSSR count). The van der Waals surface area contributed by atoms with Gasteiger partial charge in [-0.15, -0.1) is 0 Å². The number of carbonyl (C=O) groups is 1. The first-order chi connectivity index (χ1) is 18.7. The van der Waals surface area contributed by atoms with Crippen LogP contribution in [0.25, 0.3) is 22.2 Å². The molecule has 0 unspecified atom stereocenters. The van der Waals surface area contributed by atoms with Crippen LogP contribution in [-0.2, 0) is 10.0 Å². The van der Waals surface area contributed by atoms with E-state index in [1.54, 1.807) is 25.4 Å². The molecule has 4 heterocycles. The van der Waals surface area contributed by atoms with Crippen molar-refractivity contribution >= 4 is 38.3 Å². The zero-order valence-electron chi connectivity index (χ0n) is 21.5. The summed E-state index contributed by atoms with van der Waals surface area (Å²) >= 11 is 0. The second kappa shape index (κ2) is 10.7. The predicted molar refractivity (Wildman–Crippen MR) is 147 cm³/mol. The van der Waals surface area contributed by atoms with Gasteiger partial charge < -0.3 is 14.8 Å². The number of rotatable bonds is 8. The Morgan fingerprint density at radius 2 is 1.79 bits per heavy atom. The number of H-pyrrole nitrogens is 1. The number of carbonyl (C=O) groups excluding carboxylic acids is 1. The number of pyridine rings is 2. The van der Waals surface area contributed by atoms with Gasteiger partial charge in [0.1, 0.15) is 17.3 Å². The van der Waals surface area contributed by atoms with E-state index in [1.165, 1.54) is 6.20 Å². The highest BCUT2D eigenvalue weighted by atomic mass is 32.2. The molecule has 204 valence electrons. The standard InChI is InChI=1S/C27H28F2N6O3S/c1-3-12-39(37,38)33-22-6-5-21(28)24(25(22)29)26(36)20-16-32-27-19(20)13-18(15-31-27)17-4-7-23(30-14-17)35-10-8-34(2)9-11-35/h4-7,13-16,33H,3,8-12H2,1-2H3,(H,31,32). The van der Waals surface area contributed by atoms with Crippen LogP contribution in [0.5, 0.6) is 0 Å². The zero-order chi connectivity index (χ0) is 27.7. The molecule has 0 spiro atoms. The molecule has 1 saturated heterocycles. The number of ketones is 1. The van der Waals surface area contributed by atoms with Crippen molar-refractivity contribution in [1.82, 2.24) is 19.9 Å². The van der Waals surface area contributed by atoms with Crippen molar-refractivity contribution in [2.24, 2.45) is 0 Å². The molecule has 0 radical (unpaired) electrons. The van der Waals surface area contributed by atoms with Crippen LogP contribution >= 0.6 is 0 Å². The topological polar surface area (TPSA) is 111 Å². The molecular formula is C27H28F2N6O3S. The number of halogens is 2. The van der Waals surface area contributed by atoms with Crippen LogP contribution in [0.4, 0.5) is 20.3 Å². The number of likely N-dealkylation sites (N-methyl/N-ethyl adjacent to an activating group) is 1. The van der Waals surface area contributed by atoms with Gasteiger partial charge in [0.2, 0.25) is 15.8 Å². The molecule has 1 aromatic carbocycles.